The molecule has 0 aliphatic rings. The second-order valence-electron chi connectivity index (χ2n) is 7.76. The molecule has 0 bridgehead atoms. The minimum Gasteiger partial charge on any atom is -0.392 e. The molecule has 1 N–H and O–H groups in total. The van der Waals surface area contributed by atoms with Gasteiger partial charge < -0.3 is 14.6 Å². The van der Waals surface area contributed by atoms with Crippen molar-refractivity contribution in [2.45, 2.75) is 77.6 Å². The summed E-state index contributed by atoms with van der Waals surface area (Å²) in [6.07, 6.45) is 13.2. The minimum atomic E-state index is -0.517. The van der Waals surface area contributed by atoms with E-state index in [-0.39, 0.29) is 6.29 Å². The Bertz CT molecular complexity index is 684. The van der Waals surface area contributed by atoms with Gasteiger partial charge in [-0.05, 0) is 33.1 Å². The second kappa shape index (κ2) is 14.5. The molecule has 0 radical (unpaired) electrons. The van der Waals surface area contributed by atoms with Gasteiger partial charge >= 0.3 is 0 Å². The highest BCUT2D eigenvalue weighted by Crippen LogP contribution is 2.32. The smallest absolute Gasteiger partial charge is 0.157 e. The summed E-state index contributed by atoms with van der Waals surface area (Å²) >= 11 is 1.61. The molecule has 1 heterocycles. The van der Waals surface area contributed by atoms with Gasteiger partial charge in [0, 0.05) is 36.9 Å². The zero-order valence-electron chi connectivity index (χ0n) is 19.1. The van der Waals surface area contributed by atoms with Gasteiger partial charge in [0.25, 0.3) is 0 Å². The van der Waals surface area contributed by atoms with Crippen LogP contribution in [0.3, 0.4) is 0 Å². The van der Waals surface area contributed by atoms with Crippen molar-refractivity contribution in [1.29, 1.82) is 0 Å². The van der Waals surface area contributed by atoms with E-state index in [1.54, 1.807) is 11.3 Å². The van der Waals surface area contributed by atoms with Crippen molar-refractivity contribution in [3.05, 3.63) is 65.2 Å². The van der Waals surface area contributed by atoms with Crippen LogP contribution in [-0.2, 0) is 21.3 Å². The van der Waals surface area contributed by atoms with E-state index in [9.17, 15) is 5.11 Å². The zero-order chi connectivity index (χ0) is 22.4. The van der Waals surface area contributed by atoms with Gasteiger partial charge in [0.15, 0.2) is 6.29 Å². The molecule has 0 spiro atoms. The second-order valence-corrected chi connectivity index (χ2v) is 8.61. The lowest BCUT2D eigenvalue weighted by Crippen LogP contribution is -2.33. The predicted molar refractivity (Wildman–Crippen MR) is 128 cm³/mol. The molecular weight excluding hydrogens is 394 g/mol. The van der Waals surface area contributed by atoms with Gasteiger partial charge in [-0.15, -0.1) is 17.9 Å². The first-order valence-electron chi connectivity index (χ1n) is 10.8. The molecule has 0 aliphatic carbocycles. The topological polar surface area (TPSA) is 51.6 Å². The molecule has 5 heteroatoms. The van der Waals surface area contributed by atoms with Crippen LogP contribution in [-0.4, -0.2) is 35.7 Å². The molecule has 168 valence electrons. The fourth-order valence-electron chi connectivity index (χ4n) is 2.87. The standard InChI is InChI=1S/C25H39NO3S/c1-7-10-11-12-15-21-19-30-24(26-21)25(5,6)22(27)16-13-14-20(4)17-18-23(28-8-2)29-9-3/h7,11-14,19,22-23,27H,1,4,8-10,15-18H2,2-3,5-6H3/b12-11+,14-13-. The van der Waals surface area contributed by atoms with Crippen LogP contribution in [0.15, 0.2) is 54.5 Å². The molecule has 0 saturated carbocycles. The van der Waals surface area contributed by atoms with Crippen LogP contribution in [0.5, 0.6) is 0 Å². The van der Waals surface area contributed by atoms with Crippen LogP contribution in [0.1, 0.15) is 64.1 Å². The lowest BCUT2D eigenvalue weighted by Gasteiger charge is -2.27. The molecule has 0 fully saturated rings. The average molecular weight is 434 g/mol. The Labute approximate surface area is 187 Å². The first-order valence-corrected chi connectivity index (χ1v) is 11.7. The van der Waals surface area contributed by atoms with Crippen LogP contribution in [0.4, 0.5) is 0 Å². The molecule has 1 rings (SSSR count). The lowest BCUT2D eigenvalue weighted by molar-refractivity contribution is -0.138. The van der Waals surface area contributed by atoms with E-state index in [0.29, 0.717) is 19.6 Å². The van der Waals surface area contributed by atoms with Crippen molar-refractivity contribution in [1.82, 2.24) is 4.98 Å². The maximum Gasteiger partial charge on any atom is 0.157 e. The van der Waals surface area contributed by atoms with Crippen LogP contribution in [0.2, 0.25) is 0 Å². The van der Waals surface area contributed by atoms with Crippen molar-refractivity contribution >= 4 is 11.3 Å². The quantitative estimate of drug-likeness (QED) is 0.193. The van der Waals surface area contributed by atoms with E-state index in [1.165, 1.54) is 0 Å². The van der Waals surface area contributed by atoms with Crippen molar-refractivity contribution in [2.75, 3.05) is 13.2 Å². The highest BCUT2D eigenvalue weighted by molar-refractivity contribution is 7.09. The number of aliphatic hydroxyl groups excluding tert-OH is 1. The van der Waals surface area contributed by atoms with Crippen molar-refractivity contribution < 1.29 is 14.6 Å². The molecular formula is C25H39NO3S. The first kappa shape index (κ1) is 26.5. The maximum absolute atomic E-state index is 10.8. The van der Waals surface area contributed by atoms with Crippen LogP contribution >= 0.6 is 11.3 Å². The molecule has 1 aromatic heterocycles. The number of allylic oxidation sites excluding steroid dienone is 5. The Morgan fingerprint density at radius 2 is 1.93 bits per heavy atom. The van der Waals surface area contributed by atoms with E-state index < -0.39 is 11.5 Å². The Balaban J connectivity index is 2.53. The van der Waals surface area contributed by atoms with Gasteiger partial charge in [-0.25, -0.2) is 4.98 Å². The largest absolute Gasteiger partial charge is 0.392 e. The summed E-state index contributed by atoms with van der Waals surface area (Å²) in [5.41, 5.74) is 1.64. The number of nitrogens with zero attached hydrogens (tertiary/aromatic N) is 1. The van der Waals surface area contributed by atoms with E-state index in [4.69, 9.17) is 14.5 Å². The minimum absolute atomic E-state index is 0.180. The Hall–Kier alpha value is -1.53. The fraction of sp³-hybridized carbons (Fsp3) is 0.560. The molecule has 30 heavy (non-hydrogen) atoms. The Kier molecular flexibility index (Phi) is 12.8. The van der Waals surface area contributed by atoms with E-state index in [0.717, 1.165) is 42.0 Å². The number of hydrogen-bond acceptors (Lipinski definition) is 5. The Morgan fingerprint density at radius 1 is 1.23 bits per heavy atom. The average Bonchev–Trinajstić information content (AvgIpc) is 3.19. The van der Waals surface area contributed by atoms with Gasteiger partial charge in [-0.1, -0.05) is 56.4 Å². The van der Waals surface area contributed by atoms with E-state index in [2.05, 4.69) is 30.7 Å². The van der Waals surface area contributed by atoms with Crippen LogP contribution < -0.4 is 0 Å². The van der Waals surface area contributed by atoms with Crippen LogP contribution in [0.25, 0.3) is 0 Å². The van der Waals surface area contributed by atoms with E-state index in [1.807, 2.05) is 45.9 Å². The number of rotatable bonds is 16. The molecule has 1 aromatic rings. The van der Waals surface area contributed by atoms with Crippen molar-refractivity contribution in [3.8, 4) is 0 Å². The van der Waals surface area contributed by atoms with Crippen molar-refractivity contribution in [2.24, 2.45) is 0 Å². The number of aliphatic hydroxyl groups is 1. The molecule has 0 aliphatic heterocycles. The monoisotopic (exact) mass is 433 g/mol. The SMILES string of the molecule is C=CC/C=C/Cc1csc(C(C)(C)C(O)C/C=C\C(=C)CCC(OCC)OCC)n1. The molecule has 0 saturated heterocycles. The van der Waals surface area contributed by atoms with E-state index >= 15 is 0 Å². The van der Waals surface area contributed by atoms with Gasteiger partial charge in [0.2, 0.25) is 0 Å². The summed E-state index contributed by atoms with van der Waals surface area (Å²) in [4.78, 5) is 4.74. The molecule has 0 amide bonds. The predicted octanol–water partition coefficient (Wildman–Crippen LogP) is 6.14. The maximum atomic E-state index is 10.8. The van der Waals surface area contributed by atoms with Gasteiger partial charge in [-0.3, -0.25) is 0 Å². The molecule has 4 nitrogen and oxygen atoms in total. The lowest BCUT2D eigenvalue weighted by atomic mass is 9.85. The highest BCUT2D eigenvalue weighted by Gasteiger charge is 2.32. The van der Waals surface area contributed by atoms with Gasteiger partial charge in [-0.2, -0.15) is 0 Å². The third-order valence-electron chi connectivity index (χ3n) is 4.85. The number of ether oxygens (including phenoxy) is 2. The summed E-state index contributed by atoms with van der Waals surface area (Å²) in [7, 11) is 0. The summed E-state index contributed by atoms with van der Waals surface area (Å²) < 4.78 is 11.1. The summed E-state index contributed by atoms with van der Waals surface area (Å²) in [5.74, 6) is 0. The zero-order valence-corrected chi connectivity index (χ0v) is 19.9. The molecule has 1 unspecified atom stereocenters. The fourth-order valence-corrected chi connectivity index (χ4v) is 3.87. The first-order chi connectivity index (χ1) is 14.3. The Morgan fingerprint density at radius 3 is 2.57 bits per heavy atom. The summed E-state index contributed by atoms with van der Waals surface area (Å²) in [6.45, 7) is 17.1. The van der Waals surface area contributed by atoms with Gasteiger partial charge in [0.05, 0.1) is 11.8 Å². The number of aromatic nitrogens is 1. The van der Waals surface area contributed by atoms with Gasteiger partial charge in [0.1, 0.15) is 5.01 Å². The molecule has 1 atom stereocenters. The number of hydrogen-bond donors (Lipinski definition) is 1. The third kappa shape index (κ3) is 9.52. The summed E-state index contributed by atoms with van der Waals surface area (Å²) in [5, 5.41) is 13.8. The highest BCUT2D eigenvalue weighted by atomic mass is 32.1. The van der Waals surface area contributed by atoms with Crippen molar-refractivity contribution in [3.63, 3.8) is 0 Å². The molecule has 0 aromatic carbocycles. The summed E-state index contributed by atoms with van der Waals surface area (Å²) in [6, 6.07) is 0. The van der Waals surface area contributed by atoms with Crippen LogP contribution in [0, 0.1) is 0 Å². The number of thiazole rings is 1. The third-order valence-corrected chi connectivity index (χ3v) is 6.08. The normalized spacial score (nSPS) is 13.5.